The summed E-state index contributed by atoms with van der Waals surface area (Å²) in [6.07, 6.45) is 0. The molecule has 0 N–H and O–H groups in total. The average Bonchev–Trinajstić information content (AvgIpc) is 2.58. The molecular formula is C11H9ClN2O2S. The highest BCUT2D eigenvalue weighted by Gasteiger charge is 2.10. The molecule has 1 aromatic heterocycles. The van der Waals surface area contributed by atoms with E-state index in [1.807, 2.05) is 0 Å². The van der Waals surface area contributed by atoms with Gasteiger partial charge in [-0.2, -0.15) is 5.10 Å². The maximum atomic E-state index is 11.8. The molecule has 0 aliphatic rings. The molecule has 0 fully saturated rings. The van der Waals surface area contributed by atoms with Crippen molar-refractivity contribution in [1.29, 1.82) is 0 Å². The zero-order chi connectivity index (χ0) is 12.4. The van der Waals surface area contributed by atoms with Crippen LogP contribution in [-0.2, 0) is 6.54 Å². The van der Waals surface area contributed by atoms with E-state index in [1.165, 1.54) is 4.68 Å². The predicted molar refractivity (Wildman–Crippen MR) is 66.9 cm³/mol. The highest BCUT2D eigenvalue weighted by molar-refractivity contribution is 7.08. The molecule has 88 valence electrons. The first kappa shape index (κ1) is 12.0. The van der Waals surface area contributed by atoms with Crippen LogP contribution in [0.3, 0.4) is 0 Å². The minimum Gasteiger partial charge on any atom is -0.292 e. The Morgan fingerprint density at radius 2 is 2.06 bits per heavy atom. The van der Waals surface area contributed by atoms with Crippen LogP contribution in [0.2, 0.25) is 5.02 Å². The van der Waals surface area contributed by atoms with E-state index in [9.17, 15) is 9.59 Å². The Bertz CT molecular complexity index is 601. The minimum absolute atomic E-state index is 0.0369. The largest absolute Gasteiger partial charge is 0.325 e. The van der Waals surface area contributed by atoms with E-state index in [1.54, 1.807) is 31.2 Å². The van der Waals surface area contributed by atoms with Crippen molar-refractivity contribution in [1.82, 2.24) is 9.78 Å². The second-order valence-corrected chi connectivity index (χ2v) is 5.06. The number of nitrogens with zero attached hydrogens (tertiary/aromatic N) is 2. The van der Waals surface area contributed by atoms with Crippen LogP contribution >= 0.6 is 22.9 Å². The van der Waals surface area contributed by atoms with Gasteiger partial charge in [0.25, 0.3) is 0 Å². The van der Waals surface area contributed by atoms with Gasteiger partial charge in [0, 0.05) is 10.6 Å². The Morgan fingerprint density at radius 1 is 1.41 bits per heavy atom. The van der Waals surface area contributed by atoms with Gasteiger partial charge in [-0.05, 0) is 31.2 Å². The van der Waals surface area contributed by atoms with E-state index in [-0.39, 0.29) is 17.2 Å². The second-order valence-electron chi connectivity index (χ2n) is 3.47. The lowest BCUT2D eigenvalue weighted by molar-refractivity contribution is 0.0966. The molecule has 0 saturated carbocycles. The van der Waals surface area contributed by atoms with E-state index in [0.717, 1.165) is 11.3 Å². The Morgan fingerprint density at radius 3 is 2.59 bits per heavy atom. The van der Waals surface area contributed by atoms with Crippen LogP contribution < -0.4 is 4.87 Å². The summed E-state index contributed by atoms with van der Waals surface area (Å²) in [5, 5.41) is 5.19. The fourth-order valence-corrected chi connectivity index (χ4v) is 2.10. The number of aryl methyl sites for hydroxylation is 1. The van der Waals surface area contributed by atoms with Gasteiger partial charge in [0.2, 0.25) is 0 Å². The molecule has 0 amide bonds. The summed E-state index contributed by atoms with van der Waals surface area (Å²) >= 11 is 6.76. The van der Waals surface area contributed by atoms with Gasteiger partial charge in [0.1, 0.15) is 11.6 Å². The molecule has 0 atom stereocenters. The Labute approximate surface area is 106 Å². The van der Waals surface area contributed by atoms with E-state index < -0.39 is 0 Å². The average molecular weight is 269 g/mol. The lowest BCUT2D eigenvalue weighted by Gasteiger charge is -2.00. The van der Waals surface area contributed by atoms with Gasteiger partial charge in [-0.25, -0.2) is 4.68 Å². The number of rotatable bonds is 3. The number of benzene rings is 1. The van der Waals surface area contributed by atoms with E-state index in [0.29, 0.717) is 15.6 Å². The topological polar surface area (TPSA) is 52.0 Å². The SMILES string of the molecule is Cc1nn(CC(=O)c2ccc(Cl)cc2)c(=O)s1. The summed E-state index contributed by atoms with van der Waals surface area (Å²) < 4.78 is 1.18. The van der Waals surface area contributed by atoms with Crippen molar-refractivity contribution < 1.29 is 4.79 Å². The fourth-order valence-electron chi connectivity index (χ4n) is 1.37. The summed E-state index contributed by atoms with van der Waals surface area (Å²) in [4.78, 5) is 23.0. The third kappa shape index (κ3) is 2.81. The van der Waals surface area contributed by atoms with Crippen LogP contribution in [0.1, 0.15) is 15.4 Å². The normalized spacial score (nSPS) is 10.5. The molecule has 0 saturated heterocycles. The first-order valence-electron chi connectivity index (χ1n) is 4.89. The number of hydrogen-bond donors (Lipinski definition) is 0. The summed E-state index contributed by atoms with van der Waals surface area (Å²) in [6.45, 7) is 1.69. The second kappa shape index (κ2) is 4.81. The third-order valence-electron chi connectivity index (χ3n) is 2.17. The van der Waals surface area contributed by atoms with Gasteiger partial charge >= 0.3 is 4.87 Å². The number of aromatic nitrogens is 2. The standard InChI is InChI=1S/C11H9ClN2O2S/c1-7-13-14(11(16)17-7)6-10(15)8-2-4-9(12)5-3-8/h2-5H,6H2,1H3. The number of hydrogen-bond acceptors (Lipinski definition) is 4. The number of halogens is 1. The highest BCUT2D eigenvalue weighted by atomic mass is 35.5. The molecule has 0 radical (unpaired) electrons. The fraction of sp³-hybridized carbons (Fsp3) is 0.182. The molecule has 6 heteroatoms. The van der Waals surface area contributed by atoms with Gasteiger partial charge < -0.3 is 0 Å². The molecule has 17 heavy (non-hydrogen) atoms. The summed E-state index contributed by atoms with van der Waals surface area (Å²) in [5.41, 5.74) is 0.520. The van der Waals surface area contributed by atoms with Gasteiger partial charge in [-0.15, -0.1) is 0 Å². The maximum absolute atomic E-state index is 11.8. The van der Waals surface area contributed by atoms with Crippen molar-refractivity contribution in [2.24, 2.45) is 0 Å². The lowest BCUT2D eigenvalue weighted by atomic mass is 10.1. The molecule has 0 spiro atoms. The molecule has 0 unspecified atom stereocenters. The van der Waals surface area contributed by atoms with Crippen molar-refractivity contribution in [3.05, 3.63) is 49.5 Å². The Hall–Kier alpha value is -1.46. The molecule has 1 heterocycles. The van der Waals surface area contributed by atoms with Crippen molar-refractivity contribution >= 4 is 28.7 Å². The Balaban J connectivity index is 2.20. The molecule has 2 rings (SSSR count). The van der Waals surface area contributed by atoms with Crippen LogP contribution in [0.5, 0.6) is 0 Å². The van der Waals surface area contributed by atoms with E-state index >= 15 is 0 Å². The van der Waals surface area contributed by atoms with Crippen LogP contribution in [0.15, 0.2) is 29.1 Å². The number of carbonyl (C=O) groups is 1. The van der Waals surface area contributed by atoms with Crippen molar-refractivity contribution in [3.8, 4) is 0 Å². The predicted octanol–water partition coefficient (Wildman–Crippen LogP) is 2.15. The van der Waals surface area contributed by atoms with Crippen molar-refractivity contribution in [2.45, 2.75) is 13.5 Å². The van der Waals surface area contributed by atoms with Gasteiger partial charge in [0.05, 0.1) is 0 Å². The lowest BCUT2D eigenvalue weighted by Crippen LogP contribution is -2.20. The van der Waals surface area contributed by atoms with Crippen molar-refractivity contribution in [2.75, 3.05) is 0 Å². The van der Waals surface area contributed by atoms with E-state index in [2.05, 4.69) is 5.10 Å². The molecule has 4 nitrogen and oxygen atoms in total. The van der Waals surface area contributed by atoms with E-state index in [4.69, 9.17) is 11.6 Å². The van der Waals surface area contributed by atoms with Gasteiger partial charge in [0.15, 0.2) is 5.78 Å². The Kier molecular flexibility index (Phi) is 3.40. The summed E-state index contributed by atoms with van der Waals surface area (Å²) in [7, 11) is 0. The number of Topliss-reactive ketones (excluding diaryl/α,β-unsaturated/α-hetero) is 1. The highest BCUT2D eigenvalue weighted by Crippen LogP contribution is 2.10. The van der Waals surface area contributed by atoms with Crippen molar-refractivity contribution in [3.63, 3.8) is 0 Å². The van der Waals surface area contributed by atoms with Crippen LogP contribution in [0, 0.1) is 6.92 Å². The summed E-state index contributed by atoms with van der Waals surface area (Å²) in [6, 6.07) is 6.55. The number of carbonyl (C=O) groups excluding carboxylic acids is 1. The molecule has 1 aromatic carbocycles. The minimum atomic E-state index is -0.218. The third-order valence-corrected chi connectivity index (χ3v) is 3.18. The first-order valence-corrected chi connectivity index (χ1v) is 6.09. The maximum Gasteiger partial charge on any atom is 0.325 e. The van der Waals surface area contributed by atoms with Crippen LogP contribution in [-0.4, -0.2) is 15.6 Å². The molecular weight excluding hydrogens is 260 g/mol. The van der Waals surface area contributed by atoms with Gasteiger partial charge in [-0.1, -0.05) is 22.9 Å². The molecule has 0 aliphatic carbocycles. The monoisotopic (exact) mass is 268 g/mol. The summed E-state index contributed by atoms with van der Waals surface area (Å²) in [5.74, 6) is -0.158. The van der Waals surface area contributed by atoms with Crippen LogP contribution in [0.4, 0.5) is 0 Å². The first-order chi connectivity index (χ1) is 8.06. The van der Waals surface area contributed by atoms with Gasteiger partial charge in [-0.3, -0.25) is 9.59 Å². The quantitative estimate of drug-likeness (QED) is 0.802. The zero-order valence-corrected chi connectivity index (χ0v) is 10.6. The molecule has 0 aliphatic heterocycles. The smallest absolute Gasteiger partial charge is 0.292 e. The molecule has 0 bridgehead atoms. The van der Waals surface area contributed by atoms with Crippen LogP contribution in [0.25, 0.3) is 0 Å². The molecule has 2 aromatic rings. The zero-order valence-electron chi connectivity index (χ0n) is 9.01. The number of ketones is 1.